The van der Waals surface area contributed by atoms with Gasteiger partial charge in [-0.1, -0.05) is 12.1 Å². The Labute approximate surface area is 121 Å². The van der Waals surface area contributed by atoms with Crippen molar-refractivity contribution < 1.29 is 14.0 Å². The quantitative estimate of drug-likeness (QED) is 0.852. The first kappa shape index (κ1) is 13.3. The molecule has 0 aromatic heterocycles. The van der Waals surface area contributed by atoms with E-state index in [1.54, 1.807) is 30.3 Å². The number of hydrogen-bond acceptors (Lipinski definition) is 3. The number of carbonyl (C=O) groups is 2. The number of halogens is 1. The Morgan fingerprint density at radius 2 is 1.67 bits per heavy atom. The summed E-state index contributed by atoms with van der Waals surface area (Å²) in [4.78, 5) is 23.1. The minimum atomic E-state index is -0.381. The summed E-state index contributed by atoms with van der Waals surface area (Å²) in [5.41, 5.74) is 2.42. The molecular weight excluding hydrogens is 271 g/mol. The molecule has 21 heavy (non-hydrogen) atoms. The number of rotatable bonds is 3. The van der Waals surface area contributed by atoms with Crippen molar-refractivity contribution in [2.45, 2.75) is 13.0 Å². The van der Waals surface area contributed by atoms with Crippen molar-refractivity contribution in [3.05, 3.63) is 65.0 Å². The lowest BCUT2D eigenvalue weighted by atomic mass is 10.1. The normalized spacial score (nSPS) is 14.6. The molecule has 0 saturated carbocycles. The van der Waals surface area contributed by atoms with Crippen molar-refractivity contribution in [2.75, 3.05) is 5.32 Å². The summed E-state index contributed by atoms with van der Waals surface area (Å²) in [5, 5.41) is 5.48. The summed E-state index contributed by atoms with van der Waals surface area (Å²) in [5.74, 6) is -1.03. The van der Waals surface area contributed by atoms with Crippen molar-refractivity contribution in [3.63, 3.8) is 0 Å². The van der Waals surface area contributed by atoms with Crippen molar-refractivity contribution in [1.82, 2.24) is 5.32 Å². The van der Waals surface area contributed by atoms with Gasteiger partial charge in [-0.3, -0.25) is 14.9 Å². The predicted molar refractivity (Wildman–Crippen MR) is 76.7 cm³/mol. The second kappa shape index (κ2) is 5.01. The second-order valence-corrected chi connectivity index (χ2v) is 4.96. The third-order valence-corrected chi connectivity index (χ3v) is 3.49. The maximum absolute atomic E-state index is 12.9. The zero-order chi connectivity index (χ0) is 15.0. The first-order chi connectivity index (χ1) is 10.0. The van der Waals surface area contributed by atoms with E-state index in [-0.39, 0.29) is 23.7 Å². The summed E-state index contributed by atoms with van der Waals surface area (Å²) in [6.07, 6.45) is 0. The summed E-state index contributed by atoms with van der Waals surface area (Å²) < 4.78 is 12.9. The fraction of sp³-hybridized carbons (Fsp3) is 0.125. The van der Waals surface area contributed by atoms with E-state index in [1.807, 2.05) is 6.92 Å². The standard InChI is InChI=1S/C16H13FN2O2/c1-9(10-2-4-11(17)5-3-10)18-12-6-7-13-14(8-12)16(21)19-15(13)20/h2-9,18H,1H3,(H,19,20,21). The number of carbonyl (C=O) groups excluding carboxylic acids is 2. The van der Waals surface area contributed by atoms with Gasteiger partial charge in [0, 0.05) is 11.7 Å². The van der Waals surface area contributed by atoms with Crippen LogP contribution in [0.5, 0.6) is 0 Å². The van der Waals surface area contributed by atoms with Gasteiger partial charge < -0.3 is 5.32 Å². The Morgan fingerprint density at radius 3 is 2.38 bits per heavy atom. The molecule has 1 aliphatic rings. The van der Waals surface area contributed by atoms with E-state index in [1.165, 1.54) is 12.1 Å². The minimum Gasteiger partial charge on any atom is -0.379 e. The summed E-state index contributed by atoms with van der Waals surface area (Å²) in [6.45, 7) is 1.94. The van der Waals surface area contributed by atoms with E-state index in [0.717, 1.165) is 11.3 Å². The number of amides is 2. The molecule has 0 spiro atoms. The topological polar surface area (TPSA) is 58.2 Å². The van der Waals surface area contributed by atoms with Gasteiger partial charge in [-0.05, 0) is 42.8 Å². The Kier molecular flexibility index (Phi) is 3.17. The Hall–Kier alpha value is -2.69. The van der Waals surface area contributed by atoms with E-state index >= 15 is 0 Å². The number of benzene rings is 2. The summed E-state index contributed by atoms with van der Waals surface area (Å²) in [6, 6.07) is 11.2. The average Bonchev–Trinajstić information content (AvgIpc) is 2.74. The van der Waals surface area contributed by atoms with Crippen molar-refractivity contribution in [3.8, 4) is 0 Å². The third kappa shape index (κ3) is 2.50. The van der Waals surface area contributed by atoms with Crippen LogP contribution >= 0.6 is 0 Å². The molecule has 0 bridgehead atoms. The van der Waals surface area contributed by atoms with Gasteiger partial charge in [-0.25, -0.2) is 4.39 Å². The van der Waals surface area contributed by atoms with Crippen molar-refractivity contribution >= 4 is 17.5 Å². The third-order valence-electron chi connectivity index (χ3n) is 3.49. The molecule has 0 aliphatic carbocycles. The van der Waals surface area contributed by atoms with Crippen LogP contribution in [0, 0.1) is 5.82 Å². The van der Waals surface area contributed by atoms with E-state index in [0.29, 0.717) is 11.1 Å². The predicted octanol–water partition coefficient (Wildman–Crippen LogP) is 2.88. The maximum atomic E-state index is 12.9. The highest BCUT2D eigenvalue weighted by atomic mass is 19.1. The van der Waals surface area contributed by atoms with Crippen LogP contribution in [-0.4, -0.2) is 11.8 Å². The number of anilines is 1. The van der Waals surface area contributed by atoms with Gasteiger partial charge in [-0.2, -0.15) is 0 Å². The van der Waals surface area contributed by atoms with E-state index in [2.05, 4.69) is 10.6 Å². The highest BCUT2D eigenvalue weighted by molar-refractivity contribution is 6.21. The number of imide groups is 1. The second-order valence-electron chi connectivity index (χ2n) is 4.96. The highest BCUT2D eigenvalue weighted by Gasteiger charge is 2.26. The molecule has 2 N–H and O–H groups in total. The monoisotopic (exact) mass is 284 g/mol. The van der Waals surface area contributed by atoms with Gasteiger partial charge in [-0.15, -0.1) is 0 Å². The molecule has 1 heterocycles. The van der Waals surface area contributed by atoms with Crippen molar-refractivity contribution in [2.24, 2.45) is 0 Å². The summed E-state index contributed by atoms with van der Waals surface area (Å²) >= 11 is 0. The zero-order valence-electron chi connectivity index (χ0n) is 11.3. The zero-order valence-corrected chi connectivity index (χ0v) is 11.3. The van der Waals surface area contributed by atoms with Crippen LogP contribution in [0.25, 0.3) is 0 Å². The molecule has 4 nitrogen and oxygen atoms in total. The number of fused-ring (bicyclic) bond motifs is 1. The molecule has 2 amide bonds. The molecule has 1 unspecified atom stereocenters. The highest BCUT2D eigenvalue weighted by Crippen LogP contribution is 2.24. The van der Waals surface area contributed by atoms with Gasteiger partial charge in [0.05, 0.1) is 11.1 Å². The van der Waals surface area contributed by atoms with Crippen molar-refractivity contribution in [1.29, 1.82) is 0 Å². The first-order valence-electron chi connectivity index (χ1n) is 6.56. The molecule has 0 saturated heterocycles. The fourth-order valence-corrected chi connectivity index (χ4v) is 2.34. The van der Waals surface area contributed by atoms with Crippen LogP contribution < -0.4 is 10.6 Å². The maximum Gasteiger partial charge on any atom is 0.259 e. The lowest BCUT2D eigenvalue weighted by molar-refractivity contribution is 0.0879. The molecule has 1 aliphatic heterocycles. The van der Waals surface area contributed by atoms with Gasteiger partial charge in [0.2, 0.25) is 0 Å². The lowest BCUT2D eigenvalue weighted by Crippen LogP contribution is -2.19. The lowest BCUT2D eigenvalue weighted by Gasteiger charge is -2.16. The Morgan fingerprint density at radius 1 is 1.00 bits per heavy atom. The Balaban J connectivity index is 1.82. The minimum absolute atomic E-state index is 0.0520. The molecular formula is C16H13FN2O2. The first-order valence-corrected chi connectivity index (χ1v) is 6.56. The molecule has 0 fully saturated rings. The van der Waals surface area contributed by atoms with E-state index in [4.69, 9.17) is 0 Å². The average molecular weight is 284 g/mol. The van der Waals surface area contributed by atoms with E-state index < -0.39 is 0 Å². The molecule has 2 aromatic carbocycles. The smallest absolute Gasteiger partial charge is 0.259 e. The van der Waals surface area contributed by atoms with Crippen LogP contribution in [0.4, 0.5) is 10.1 Å². The molecule has 5 heteroatoms. The Bertz CT molecular complexity index is 726. The molecule has 2 aromatic rings. The van der Waals surface area contributed by atoms with Gasteiger partial charge in [0.15, 0.2) is 0 Å². The summed E-state index contributed by atoms with van der Waals surface area (Å²) in [7, 11) is 0. The fourth-order valence-electron chi connectivity index (χ4n) is 2.34. The SMILES string of the molecule is CC(Nc1ccc2c(c1)C(=O)NC2=O)c1ccc(F)cc1. The number of hydrogen-bond donors (Lipinski definition) is 2. The van der Waals surface area contributed by atoms with Gasteiger partial charge >= 0.3 is 0 Å². The van der Waals surface area contributed by atoms with Crippen LogP contribution in [-0.2, 0) is 0 Å². The molecule has 0 radical (unpaired) electrons. The van der Waals surface area contributed by atoms with Gasteiger partial charge in [0.1, 0.15) is 5.82 Å². The van der Waals surface area contributed by atoms with Gasteiger partial charge in [0.25, 0.3) is 11.8 Å². The molecule has 106 valence electrons. The largest absolute Gasteiger partial charge is 0.379 e. The van der Waals surface area contributed by atoms with E-state index in [9.17, 15) is 14.0 Å². The van der Waals surface area contributed by atoms with Crippen LogP contribution in [0.2, 0.25) is 0 Å². The van der Waals surface area contributed by atoms with Crippen LogP contribution in [0.3, 0.4) is 0 Å². The number of nitrogens with one attached hydrogen (secondary N) is 2. The molecule has 1 atom stereocenters. The molecule has 3 rings (SSSR count). The van der Waals surface area contributed by atoms with Crippen LogP contribution in [0.1, 0.15) is 39.2 Å². The van der Waals surface area contributed by atoms with Crippen LogP contribution in [0.15, 0.2) is 42.5 Å².